The van der Waals surface area contributed by atoms with Crippen molar-refractivity contribution in [3.05, 3.63) is 47.0 Å². The van der Waals surface area contributed by atoms with Gasteiger partial charge in [-0.3, -0.25) is 9.59 Å². The van der Waals surface area contributed by atoms with Gasteiger partial charge in [-0.1, -0.05) is 19.9 Å². The number of rotatable bonds is 3. The second kappa shape index (κ2) is 5.90. The van der Waals surface area contributed by atoms with Gasteiger partial charge >= 0.3 is 0 Å². The maximum atomic E-state index is 12.9. The number of benzene rings is 2. The molecule has 7 heteroatoms. The number of methoxy groups -OCH3 is 2. The van der Waals surface area contributed by atoms with Crippen molar-refractivity contribution in [1.29, 1.82) is 0 Å². The van der Waals surface area contributed by atoms with E-state index in [-0.39, 0.29) is 11.8 Å². The molecule has 2 aliphatic rings. The second-order valence-corrected chi connectivity index (χ2v) is 7.00. The van der Waals surface area contributed by atoms with Crippen LogP contribution in [-0.4, -0.2) is 26.0 Å². The Bertz CT molecular complexity index is 970. The van der Waals surface area contributed by atoms with Crippen molar-refractivity contribution in [2.75, 3.05) is 24.9 Å². The third kappa shape index (κ3) is 2.42. The van der Waals surface area contributed by atoms with Crippen LogP contribution in [0.25, 0.3) is 0 Å². The molecule has 1 atom stereocenters. The van der Waals surface area contributed by atoms with Gasteiger partial charge in [0, 0.05) is 17.3 Å². The summed E-state index contributed by atoms with van der Waals surface area (Å²) in [7, 11) is 3.03. The highest BCUT2D eigenvalue weighted by atomic mass is 16.5. The fourth-order valence-electron chi connectivity index (χ4n) is 3.57. The minimum atomic E-state index is -1.36. The van der Waals surface area contributed by atoms with Crippen LogP contribution in [0.3, 0.4) is 0 Å². The molecule has 0 fully saturated rings. The first-order valence-electron chi connectivity index (χ1n) is 8.72. The Balaban J connectivity index is 1.87. The molecule has 0 bridgehead atoms. The van der Waals surface area contributed by atoms with Gasteiger partial charge in [0.05, 0.1) is 25.5 Å². The molecule has 7 nitrogen and oxygen atoms in total. The average Bonchev–Trinajstić information content (AvgIpc) is 2.91. The lowest BCUT2D eigenvalue weighted by Crippen LogP contribution is -2.59. The summed E-state index contributed by atoms with van der Waals surface area (Å²) in [6, 6.07) is 9.08. The third-order valence-corrected chi connectivity index (χ3v) is 5.09. The van der Waals surface area contributed by atoms with Gasteiger partial charge in [0.2, 0.25) is 5.66 Å². The first kappa shape index (κ1) is 17.2. The number of carbonyl (C=O) groups is 2. The number of hydrogen-bond donors (Lipinski definition) is 3. The quantitative estimate of drug-likeness (QED) is 0.776. The lowest BCUT2D eigenvalue weighted by atomic mass is 9.92. The zero-order chi connectivity index (χ0) is 19.3. The van der Waals surface area contributed by atoms with Crippen molar-refractivity contribution in [3.63, 3.8) is 0 Å². The number of carbonyl (C=O) groups excluding carboxylic acids is 2. The minimum Gasteiger partial charge on any atom is -0.493 e. The van der Waals surface area contributed by atoms with Gasteiger partial charge in [-0.2, -0.15) is 0 Å². The zero-order valence-electron chi connectivity index (χ0n) is 15.6. The van der Waals surface area contributed by atoms with Crippen molar-refractivity contribution in [1.82, 2.24) is 5.32 Å². The molecule has 2 aromatic rings. The molecule has 0 aliphatic carbocycles. The summed E-state index contributed by atoms with van der Waals surface area (Å²) in [6.07, 6.45) is 0. The van der Waals surface area contributed by atoms with E-state index in [1.807, 2.05) is 18.2 Å². The Kier molecular flexibility index (Phi) is 3.76. The highest BCUT2D eigenvalue weighted by Crippen LogP contribution is 2.43. The van der Waals surface area contributed by atoms with Crippen LogP contribution in [0.5, 0.6) is 11.5 Å². The van der Waals surface area contributed by atoms with Gasteiger partial charge in [0.15, 0.2) is 11.5 Å². The Morgan fingerprint density at radius 1 is 0.926 bits per heavy atom. The van der Waals surface area contributed by atoms with Gasteiger partial charge in [-0.15, -0.1) is 0 Å². The monoisotopic (exact) mass is 367 g/mol. The molecule has 0 saturated carbocycles. The average molecular weight is 367 g/mol. The molecule has 0 saturated heterocycles. The Morgan fingerprint density at radius 3 is 2.30 bits per heavy atom. The summed E-state index contributed by atoms with van der Waals surface area (Å²) >= 11 is 0. The van der Waals surface area contributed by atoms with Crippen LogP contribution in [0.15, 0.2) is 30.3 Å². The smallest absolute Gasteiger partial charge is 0.275 e. The van der Waals surface area contributed by atoms with Crippen LogP contribution in [0.2, 0.25) is 0 Å². The predicted molar refractivity (Wildman–Crippen MR) is 101 cm³/mol. The van der Waals surface area contributed by atoms with Crippen LogP contribution in [-0.2, 0) is 10.5 Å². The maximum Gasteiger partial charge on any atom is 0.275 e. The van der Waals surface area contributed by atoms with E-state index in [0.717, 1.165) is 5.56 Å². The minimum absolute atomic E-state index is 0.291. The summed E-state index contributed by atoms with van der Waals surface area (Å²) < 4.78 is 10.6. The van der Waals surface area contributed by atoms with Gasteiger partial charge in [-0.25, -0.2) is 0 Å². The molecule has 1 unspecified atom stereocenters. The normalized spacial score (nSPS) is 19.9. The number of amides is 2. The molecule has 3 N–H and O–H groups in total. The Hall–Kier alpha value is -3.22. The first-order chi connectivity index (χ1) is 12.9. The van der Waals surface area contributed by atoms with Gasteiger partial charge in [-0.05, 0) is 29.7 Å². The fourth-order valence-corrected chi connectivity index (χ4v) is 3.57. The fraction of sp³-hybridized carbons (Fsp3) is 0.300. The summed E-state index contributed by atoms with van der Waals surface area (Å²) in [5.74, 6) is 0.527. The van der Waals surface area contributed by atoms with E-state index in [9.17, 15) is 9.59 Å². The molecule has 4 rings (SSSR count). The first-order valence-corrected chi connectivity index (χ1v) is 8.72. The molecule has 1 spiro atoms. The lowest BCUT2D eigenvalue weighted by Gasteiger charge is -2.36. The van der Waals surface area contributed by atoms with Crippen molar-refractivity contribution >= 4 is 23.2 Å². The van der Waals surface area contributed by atoms with Crippen LogP contribution < -0.4 is 25.4 Å². The number of nitrogens with one attached hydrogen (secondary N) is 3. The number of hydrogen-bond acceptors (Lipinski definition) is 5. The van der Waals surface area contributed by atoms with Crippen LogP contribution in [0.4, 0.5) is 11.4 Å². The molecule has 140 valence electrons. The Morgan fingerprint density at radius 2 is 1.63 bits per heavy atom. The SMILES string of the molecule is COc1cc2c(cc1OC)C(=O)NC1(N2)C(=O)Nc2ccc(C(C)C)cc21. The summed E-state index contributed by atoms with van der Waals surface area (Å²) in [5.41, 5.74) is 2.01. The maximum absolute atomic E-state index is 12.9. The highest BCUT2D eigenvalue weighted by Gasteiger charge is 2.51. The Labute approximate surface area is 157 Å². The van der Waals surface area contributed by atoms with E-state index in [1.54, 1.807) is 12.1 Å². The molecule has 27 heavy (non-hydrogen) atoms. The molecular weight excluding hydrogens is 346 g/mol. The number of ether oxygens (including phenoxy) is 2. The second-order valence-electron chi connectivity index (χ2n) is 7.00. The summed E-state index contributed by atoms with van der Waals surface area (Å²) in [6.45, 7) is 4.16. The van der Waals surface area contributed by atoms with Gasteiger partial charge in [0.25, 0.3) is 11.8 Å². The van der Waals surface area contributed by atoms with Gasteiger partial charge < -0.3 is 25.4 Å². The van der Waals surface area contributed by atoms with Crippen molar-refractivity contribution in [2.24, 2.45) is 0 Å². The van der Waals surface area contributed by atoms with E-state index in [1.165, 1.54) is 14.2 Å². The number of anilines is 2. The molecular formula is C20H21N3O4. The van der Waals surface area contributed by atoms with Crippen molar-refractivity contribution < 1.29 is 19.1 Å². The van der Waals surface area contributed by atoms with E-state index >= 15 is 0 Å². The largest absolute Gasteiger partial charge is 0.493 e. The molecule has 0 radical (unpaired) electrons. The summed E-state index contributed by atoms with van der Waals surface area (Å²) in [4.78, 5) is 25.7. The third-order valence-electron chi connectivity index (χ3n) is 5.09. The van der Waals surface area contributed by atoms with Crippen molar-refractivity contribution in [2.45, 2.75) is 25.4 Å². The zero-order valence-corrected chi connectivity index (χ0v) is 15.6. The molecule has 0 aromatic heterocycles. The molecule has 2 aliphatic heterocycles. The van der Waals surface area contributed by atoms with E-state index in [2.05, 4.69) is 29.8 Å². The van der Waals surface area contributed by atoms with Crippen molar-refractivity contribution in [3.8, 4) is 11.5 Å². The van der Waals surface area contributed by atoms with E-state index in [4.69, 9.17) is 9.47 Å². The number of fused-ring (bicyclic) bond motifs is 3. The van der Waals surface area contributed by atoms with Crippen LogP contribution in [0.1, 0.15) is 41.3 Å². The summed E-state index contributed by atoms with van der Waals surface area (Å²) in [5, 5.41) is 8.93. The molecule has 2 aromatic carbocycles. The molecule has 2 heterocycles. The standard InChI is InChI=1S/C20H21N3O4/c1-10(2)11-5-6-14-13(7-11)20(19(25)21-14)22-15-9-17(27-4)16(26-3)8-12(15)18(24)23-20/h5-10,22H,1-4H3,(H,21,25)(H,23,24). The highest BCUT2D eigenvalue weighted by molar-refractivity contribution is 6.14. The van der Waals surface area contributed by atoms with E-state index < -0.39 is 5.66 Å². The molecule has 2 amide bonds. The van der Waals surface area contributed by atoms with Gasteiger partial charge in [0.1, 0.15) is 0 Å². The lowest BCUT2D eigenvalue weighted by molar-refractivity contribution is -0.120. The van der Waals surface area contributed by atoms with Crippen LogP contribution >= 0.6 is 0 Å². The topological polar surface area (TPSA) is 88.7 Å². The predicted octanol–water partition coefficient (Wildman–Crippen LogP) is 2.79. The van der Waals surface area contributed by atoms with E-state index in [0.29, 0.717) is 39.9 Å². The van der Waals surface area contributed by atoms with Crippen LogP contribution in [0, 0.1) is 0 Å².